The molecule has 0 aromatic heterocycles. The number of benzene rings is 2. The molecular formula is C18H18F3N3O2S. The van der Waals surface area contributed by atoms with Crippen LogP contribution in [-0.4, -0.2) is 29.5 Å². The Balaban J connectivity index is 1.71. The number of halogens is 3. The summed E-state index contributed by atoms with van der Waals surface area (Å²) in [6.45, 7) is 2.16. The summed E-state index contributed by atoms with van der Waals surface area (Å²) in [6, 6.07) is 10.4. The predicted molar refractivity (Wildman–Crippen MR) is 101 cm³/mol. The number of anilines is 2. The van der Waals surface area contributed by atoms with E-state index in [0.29, 0.717) is 6.07 Å². The average molecular weight is 397 g/mol. The summed E-state index contributed by atoms with van der Waals surface area (Å²) in [5.41, 5.74) is 0.128. The average Bonchev–Trinajstić information content (AvgIpc) is 2.66. The lowest BCUT2D eigenvalue weighted by atomic mass is 10.1. The molecule has 144 valence electrons. The van der Waals surface area contributed by atoms with Crippen LogP contribution in [0.5, 0.6) is 0 Å². The zero-order chi connectivity index (χ0) is 19.4. The number of non-ortho nitro benzene ring substituents is 1. The van der Waals surface area contributed by atoms with Crippen LogP contribution in [0.2, 0.25) is 0 Å². The number of nitrogens with one attached hydrogen (secondary N) is 1. The molecule has 1 heterocycles. The van der Waals surface area contributed by atoms with E-state index >= 15 is 0 Å². The molecule has 3 rings (SSSR count). The van der Waals surface area contributed by atoms with Crippen LogP contribution in [0.4, 0.5) is 30.2 Å². The van der Waals surface area contributed by atoms with Crippen LogP contribution in [0.25, 0.3) is 0 Å². The Hall–Kier alpha value is -2.42. The van der Waals surface area contributed by atoms with E-state index in [9.17, 15) is 23.3 Å². The first-order chi connectivity index (χ1) is 12.8. The van der Waals surface area contributed by atoms with Gasteiger partial charge in [0.05, 0.1) is 10.5 Å². The fourth-order valence-electron chi connectivity index (χ4n) is 2.88. The van der Waals surface area contributed by atoms with Gasteiger partial charge in [-0.05, 0) is 23.8 Å². The number of nitro groups is 1. The highest BCUT2D eigenvalue weighted by Crippen LogP contribution is 2.37. The van der Waals surface area contributed by atoms with E-state index in [1.54, 1.807) is 0 Å². The topological polar surface area (TPSA) is 58.4 Å². The summed E-state index contributed by atoms with van der Waals surface area (Å²) in [7, 11) is 0. The lowest BCUT2D eigenvalue weighted by Gasteiger charge is -2.28. The van der Waals surface area contributed by atoms with Gasteiger partial charge in [0, 0.05) is 54.6 Å². The molecule has 0 bridgehead atoms. The van der Waals surface area contributed by atoms with Crippen molar-refractivity contribution in [3.63, 3.8) is 0 Å². The number of hydrogen-bond acceptors (Lipinski definition) is 5. The summed E-state index contributed by atoms with van der Waals surface area (Å²) in [6.07, 6.45) is -4.68. The lowest BCUT2D eigenvalue weighted by molar-refractivity contribution is -0.385. The smallest absolute Gasteiger partial charge is 0.380 e. The first-order valence-corrected chi connectivity index (χ1v) is 9.51. The molecule has 0 unspecified atom stereocenters. The molecular weight excluding hydrogens is 379 g/mol. The molecule has 2 aromatic rings. The van der Waals surface area contributed by atoms with Gasteiger partial charge in [-0.25, -0.2) is 0 Å². The largest absolute Gasteiger partial charge is 0.418 e. The second-order valence-corrected chi connectivity index (χ2v) is 7.33. The normalized spacial score (nSPS) is 14.9. The van der Waals surface area contributed by atoms with Gasteiger partial charge in [-0.3, -0.25) is 10.1 Å². The predicted octanol–water partition coefficient (Wildman–Crippen LogP) is 4.78. The van der Waals surface area contributed by atoms with E-state index in [4.69, 9.17) is 0 Å². The molecule has 0 aliphatic carbocycles. The van der Waals surface area contributed by atoms with Crippen molar-refractivity contribution in [3.05, 3.63) is 63.7 Å². The van der Waals surface area contributed by atoms with E-state index < -0.39 is 22.4 Å². The number of nitrogens with zero attached hydrogens (tertiary/aromatic N) is 2. The summed E-state index contributed by atoms with van der Waals surface area (Å²) in [4.78, 5) is 12.2. The zero-order valence-corrected chi connectivity index (χ0v) is 15.1. The van der Waals surface area contributed by atoms with Crippen molar-refractivity contribution in [2.75, 3.05) is 34.8 Å². The molecule has 1 fully saturated rings. The van der Waals surface area contributed by atoms with Gasteiger partial charge in [-0.1, -0.05) is 12.1 Å². The van der Waals surface area contributed by atoms with E-state index in [-0.39, 0.29) is 12.2 Å². The molecule has 5 nitrogen and oxygen atoms in total. The van der Waals surface area contributed by atoms with Crippen molar-refractivity contribution in [3.8, 4) is 0 Å². The van der Waals surface area contributed by atoms with Crippen molar-refractivity contribution in [1.82, 2.24) is 0 Å². The number of rotatable bonds is 5. The van der Waals surface area contributed by atoms with Gasteiger partial charge in [-0.2, -0.15) is 24.9 Å². The third kappa shape index (κ3) is 4.85. The van der Waals surface area contributed by atoms with Crippen LogP contribution in [0, 0.1) is 10.1 Å². The molecule has 9 heteroatoms. The van der Waals surface area contributed by atoms with Crippen molar-refractivity contribution < 1.29 is 18.1 Å². The minimum atomic E-state index is -4.68. The van der Waals surface area contributed by atoms with Crippen LogP contribution in [0.15, 0.2) is 42.5 Å². The zero-order valence-electron chi connectivity index (χ0n) is 14.3. The Morgan fingerprint density at radius 2 is 1.78 bits per heavy atom. The monoisotopic (exact) mass is 397 g/mol. The molecule has 1 saturated heterocycles. The highest BCUT2D eigenvalue weighted by molar-refractivity contribution is 7.99. The third-order valence-electron chi connectivity index (χ3n) is 4.31. The number of hydrogen-bond donors (Lipinski definition) is 1. The summed E-state index contributed by atoms with van der Waals surface area (Å²) >= 11 is 1.92. The van der Waals surface area contributed by atoms with Gasteiger partial charge < -0.3 is 10.2 Å². The van der Waals surface area contributed by atoms with Crippen LogP contribution in [0.3, 0.4) is 0 Å². The second kappa shape index (κ2) is 8.08. The minimum absolute atomic E-state index is 0.176. The Kier molecular flexibility index (Phi) is 5.79. The quantitative estimate of drug-likeness (QED) is 0.581. The van der Waals surface area contributed by atoms with E-state index in [1.165, 1.54) is 0 Å². The van der Waals surface area contributed by atoms with Gasteiger partial charge >= 0.3 is 6.18 Å². The van der Waals surface area contributed by atoms with Gasteiger partial charge in [0.25, 0.3) is 5.69 Å². The number of alkyl halides is 3. The molecule has 0 atom stereocenters. The van der Waals surface area contributed by atoms with Gasteiger partial charge in [0.1, 0.15) is 0 Å². The number of thioether (sulfide) groups is 1. The van der Waals surface area contributed by atoms with Crippen LogP contribution < -0.4 is 10.2 Å². The molecule has 1 aliphatic heterocycles. The maximum absolute atomic E-state index is 13.2. The molecule has 0 amide bonds. The summed E-state index contributed by atoms with van der Waals surface area (Å²) < 4.78 is 39.6. The van der Waals surface area contributed by atoms with Gasteiger partial charge in [0.2, 0.25) is 0 Å². The second-order valence-electron chi connectivity index (χ2n) is 6.10. The van der Waals surface area contributed by atoms with E-state index in [2.05, 4.69) is 10.2 Å². The Labute approximate surface area is 158 Å². The fourth-order valence-corrected chi connectivity index (χ4v) is 3.78. The first-order valence-electron chi connectivity index (χ1n) is 8.36. The fraction of sp³-hybridized carbons (Fsp3) is 0.333. The molecule has 1 aliphatic rings. The maximum atomic E-state index is 13.2. The standard InChI is InChI=1S/C18H18F3N3O2S/c19-18(20,21)16-11-15(24(25)26)5-6-17(16)22-12-13-1-3-14(4-2-13)23-7-9-27-10-8-23/h1-6,11,22H,7-10,12H2. The SMILES string of the molecule is O=[N+]([O-])c1ccc(NCc2ccc(N3CCSCC3)cc2)c(C(F)(F)F)c1. The molecule has 2 aromatic carbocycles. The lowest BCUT2D eigenvalue weighted by Crippen LogP contribution is -2.32. The minimum Gasteiger partial charge on any atom is -0.380 e. The summed E-state index contributed by atoms with van der Waals surface area (Å²) in [5.74, 6) is 2.17. The van der Waals surface area contributed by atoms with Crippen LogP contribution >= 0.6 is 11.8 Å². The molecule has 1 N–H and O–H groups in total. The molecule has 0 saturated carbocycles. The van der Waals surface area contributed by atoms with Gasteiger partial charge in [0.15, 0.2) is 0 Å². The molecule has 27 heavy (non-hydrogen) atoms. The van der Waals surface area contributed by atoms with Crippen molar-refractivity contribution in [1.29, 1.82) is 0 Å². The van der Waals surface area contributed by atoms with Crippen LogP contribution in [0.1, 0.15) is 11.1 Å². The maximum Gasteiger partial charge on any atom is 0.418 e. The van der Waals surface area contributed by atoms with E-state index in [1.807, 2.05) is 36.0 Å². The highest BCUT2D eigenvalue weighted by atomic mass is 32.2. The first kappa shape index (κ1) is 19.3. The highest BCUT2D eigenvalue weighted by Gasteiger charge is 2.35. The Morgan fingerprint density at radius 3 is 2.37 bits per heavy atom. The Morgan fingerprint density at radius 1 is 1.11 bits per heavy atom. The molecule has 0 spiro atoms. The van der Waals surface area contributed by atoms with Crippen molar-refractivity contribution in [2.24, 2.45) is 0 Å². The van der Waals surface area contributed by atoms with Gasteiger partial charge in [-0.15, -0.1) is 0 Å². The summed E-state index contributed by atoms with van der Waals surface area (Å²) in [5, 5.41) is 13.5. The van der Waals surface area contributed by atoms with Crippen molar-refractivity contribution >= 4 is 28.8 Å². The van der Waals surface area contributed by atoms with Crippen molar-refractivity contribution in [2.45, 2.75) is 12.7 Å². The number of nitro benzene ring substituents is 1. The van der Waals surface area contributed by atoms with Crippen LogP contribution in [-0.2, 0) is 12.7 Å². The van der Waals surface area contributed by atoms with E-state index in [0.717, 1.165) is 48.0 Å². The third-order valence-corrected chi connectivity index (χ3v) is 5.26. The molecule has 0 radical (unpaired) electrons. The Bertz CT molecular complexity index is 806.